The molecule has 0 atom stereocenters. The standard InChI is InChI=1S/C19H17N5O3S/c1-26-14-8-7-11(9-15(14)27-2)18(25)22-19-24-23-17(28-19)10-16-20-12-5-3-4-6-13(12)21-16/h3-9H,10H2,1-2H3,(H,20,21)(H,22,24,25). The smallest absolute Gasteiger partial charge is 0.257 e. The van der Waals surface area contributed by atoms with Crippen LogP contribution in [0, 0.1) is 0 Å². The molecule has 0 bridgehead atoms. The fraction of sp³-hybridized carbons (Fsp3) is 0.158. The lowest BCUT2D eigenvalue weighted by atomic mass is 10.2. The van der Waals surface area contributed by atoms with E-state index in [1.165, 1.54) is 18.4 Å². The Morgan fingerprint density at radius 3 is 2.71 bits per heavy atom. The molecule has 0 unspecified atom stereocenters. The van der Waals surface area contributed by atoms with Gasteiger partial charge in [0.05, 0.1) is 31.7 Å². The molecule has 2 aromatic carbocycles. The summed E-state index contributed by atoms with van der Waals surface area (Å²) in [6.45, 7) is 0. The molecule has 0 aliphatic rings. The number of H-pyrrole nitrogens is 1. The zero-order valence-corrected chi connectivity index (χ0v) is 16.0. The van der Waals surface area contributed by atoms with E-state index >= 15 is 0 Å². The number of amides is 1. The third-order valence-electron chi connectivity index (χ3n) is 4.09. The summed E-state index contributed by atoms with van der Waals surface area (Å²) < 4.78 is 10.4. The number of anilines is 1. The molecule has 2 N–H and O–H groups in total. The van der Waals surface area contributed by atoms with E-state index in [2.05, 4.69) is 25.5 Å². The Labute approximate surface area is 164 Å². The summed E-state index contributed by atoms with van der Waals surface area (Å²) in [7, 11) is 3.07. The molecule has 8 nitrogen and oxygen atoms in total. The Morgan fingerprint density at radius 2 is 1.93 bits per heavy atom. The largest absolute Gasteiger partial charge is 0.493 e. The zero-order chi connectivity index (χ0) is 19.5. The van der Waals surface area contributed by atoms with Gasteiger partial charge in [0.2, 0.25) is 5.13 Å². The fourth-order valence-electron chi connectivity index (χ4n) is 2.75. The Hall–Kier alpha value is -3.46. The first-order chi connectivity index (χ1) is 13.7. The minimum absolute atomic E-state index is 0.299. The highest BCUT2D eigenvalue weighted by Gasteiger charge is 2.14. The number of carbonyl (C=O) groups excluding carboxylic acids is 1. The van der Waals surface area contributed by atoms with Crippen molar-refractivity contribution in [3.63, 3.8) is 0 Å². The van der Waals surface area contributed by atoms with E-state index in [1.54, 1.807) is 25.3 Å². The average molecular weight is 395 g/mol. The van der Waals surface area contributed by atoms with Gasteiger partial charge in [-0.05, 0) is 30.3 Å². The molecular formula is C19H17N5O3S. The molecule has 0 saturated carbocycles. The molecule has 1 amide bonds. The van der Waals surface area contributed by atoms with Gasteiger partial charge in [0, 0.05) is 5.56 Å². The second-order valence-corrected chi connectivity index (χ2v) is 6.96. The molecule has 4 aromatic rings. The number of aromatic amines is 1. The van der Waals surface area contributed by atoms with Gasteiger partial charge in [-0.15, -0.1) is 10.2 Å². The van der Waals surface area contributed by atoms with Crippen molar-refractivity contribution in [2.45, 2.75) is 6.42 Å². The second-order valence-electron chi connectivity index (χ2n) is 5.90. The Balaban J connectivity index is 1.46. The van der Waals surface area contributed by atoms with Crippen molar-refractivity contribution in [2.24, 2.45) is 0 Å². The first-order valence-electron chi connectivity index (χ1n) is 8.45. The minimum Gasteiger partial charge on any atom is -0.493 e. The van der Waals surface area contributed by atoms with E-state index in [-0.39, 0.29) is 5.91 Å². The van der Waals surface area contributed by atoms with Gasteiger partial charge in [-0.1, -0.05) is 23.5 Å². The van der Waals surface area contributed by atoms with Crippen LogP contribution in [0.2, 0.25) is 0 Å². The van der Waals surface area contributed by atoms with E-state index in [0.29, 0.717) is 28.6 Å². The number of rotatable bonds is 6. The summed E-state index contributed by atoms with van der Waals surface area (Å²) in [4.78, 5) is 20.3. The summed E-state index contributed by atoms with van der Waals surface area (Å²) in [6.07, 6.45) is 0.512. The molecule has 0 aliphatic heterocycles. The van der Waals surface area contributed by atoms with Crippen LogP contribution in [0.1, 0.15) is 21.2 Å². The van der Waals surface area contributed by atoms with Gasteiger partial charge in [0.15, 0.2) is 11.5 Å². The van der Waals surface area contributed by atoms with Crippen molar-refractivity contribution in [3.05, 3.63) is 58.9 Å². The topological polar surface area (TPSA) is 102 Å². The lowest BCUT2D eigenvalue weighted by Gasteiger charge is -2.08. The number of nitrogens with zero attached hydrogens (tertiary/aromatic N) is 3. The maximum atomic E-state index is 12.5. The molecule has 9 heteroatoms. The number of benzene rings is 2. The van der Waals surface area contributed by atoms with Crippen LogP contribution in [0.25, 0.3) is 11.0 Å². The van der Waals surface area contributed by atoms with Gasteiger partial charge >= 0.3 is 0 Å². The van der Waals surface area contributed by atoms with Crippen LogP contribution in [-0.4, -0.2) is 40.3 Å². The average Bonchev–Trinajstić information content (AvgIpc) is 3.33. The highest BCUT2D eigenvalue weighted by atomic mass is 32.1. The molecule has 2 heterocycles. The van der Waals surface area contributed by atoms with Crippen molar-refractivity contribution in [1.29, 1.82) is 0 Å². The molecule has 0 saturated heterocycles. The van der Waals surface area contributed by atoms with Gasteiger partial charge in [-0.25, -0.2) is 4.98 Å². The zero-order valence-electron chi connectivity index (χ0n) is 15.2. The molecule has 0 aliphatic carbocycles. The third kappa shape index (κ3) is 3.65. The van der Waals surface area contributed by atoms with Crippen LogP contribution in [-0.2, 0) is 6.42 Å². The summed E-state index contributed by atoms with van der Waals surface area (Å²) in [5, 5.41) is 12.1. The van der Waals surface area contributed by atoms with Crippen molar-refractivity contribution in [2.75, 3.05) is 19.5 Å². The van der Waals surface area contributed by atoms with Gasteiger partial charge in [-0.3, -0.25) is 10.1 Å². The molecule has 0 spiro atoms. The highest BCUT2D eigenvalue weighted by Crippen LogP contribution is 2.28. The third-order valence-corrected chi connectivity index (χ3v) is 4.93. The SMILES string of the molecule is COc1ccc(C(=O)Nc2nnc(Cc3nc4ccccc4[nH]3)s2)cc1OC. The highest BCUT2D eigenvalue weighted by molar-refractivity contribution is 7.15. The number of aromatic nitrogens is 4. The van der Waals surface area contributed by atoms with Crippen molar-refractivity contribution in [1.82, 2.24) is 20.2 Å². The van der Waals surface area contributed by atoms with Gasteiger partial charge in [0.1, 0.15) is 10.8 Å². The number of hydrogen-bond donors (Lipinski definition) is 2. The number of methoxy groups -OCH3 is 2. The summed E-state index contributed by atoms with van der Waals surface area (Å²) in [6, 6.07) is 12.8. The van der Waals surface area contributed by atoms with Crippen molar-refractivity contribution < 1.29 is 14.3 Å². The lowest BCUT2D eigenvalue weighted by molar-refractivity contribution is 0.102. The van der Waals surface area contributed by atoms with Crippen LogP contribution >= 0.6 is 11.3 Å². The van der Waals surface area contributed by atoms with Gasteiger partial charge in [0.25, 0.3) is 5.91 Å². The van der Waals surface area contributed by atoms with Crippen LogP contribution in [0.4, 0.5) is 5.13 Å². The van der Waals surface area contributed by atoms with Gasteiger partial charge < -0.3 is 14.5 Å². The molecule has 2 aromatic heterocycles. The van der Waals surface area contributed by atoms with Crippen LogP contribution in [0.3, 0.4) is 0 Å². The van der Waals surface area contributed by atoms with Crippen LogP contribution in [0.5, 0.6) is 11.5 Å². The first kappa shape index (κ1) is 17.9. The Bertz CT molecular complexity index is 1100. The number of imidazole rings is 1. The number of hydrogen-bond acceptors (Lipinski definition) is 7. The lowest BCUT2D eigenvalue weighted by Crippen LogP contribution is -2.11. The summed E-state index contributed by atoms with van der Waals surface area (Å²) in [5.41, 5.74) is 2.32. The van der Waals surface area contributed by atoms with E-state index in [1.807, 2.05) is 24.3 Å². The summed E-state index contributed by atoms with van der Waals surface area (Å²) >= 11 is 1.31. The fourth-order valence-corrected chi connectivity index (χ4v) is 3.49. The van der Waals surface area contributed by atoms with Gasteiger partial charge in [-0.2, -0.15) is 0 Å². The molecular weight excluding hydrogens is 378 g/mol. The van der Waals surface area contributed by atoms with E-state index in [9.17, 15) is 4.79 Å². The maximum Gasteiger partial charge on any atom is 0.257 e. The van der Waals surface area contributed by atoms with E-state index in [0.717, 1.165) is 21.9 Å². The minimum atomic E-state index is -0.299. The monoisotopic (exact) mass is 395 g/mol. The maximum absolute atomic E-state index is 12.5. The molecule has 0 radical (unpaired) electrons. The quantitative estimate of drug-likeness (QED) is 0.519. The van der Waals surface area contributed by atoms with Crippen LogP contribution < -0.4 is 14.8 Å². The normalized spacial score (nSPS) is 10.8. The number of carbonyl (C=O) groups is 1. The number of para-hydroxylation sites is 2. The molecule has 142 valence electrons. The second kappa shape index (κ2) is 7.65. The predicted molar refractivity (Wildman–Crippen MR) is 106 cm³/mol. The van der Waals surface area contributed by atoms with Crippen molar-refractivity contribution >= 4 is 33.4 Å². The number of nitrogens with one attached hydrogen (secondary N) is 2. The van der Waals surface area contributed by atoms with Crippen molar-refractivity contribution in [3.8, 4) is 11.5 Å². The first-order valence-corrected chi connectivity index (χ1v) is 9.27. The van der Waals surface area contributed by atoms with E-state index in [4.69, 9.17) is 9.47 Å². The molecule has 28 heavy (non-hydrogen) atoms. The Morgan fingerprint density at radius 1 is 1.11 bits per heavy atom. The Kier molecular flexibility index (Phi) is 4.90. The van der Waals surface area contributed by atoms with E-state index < -0.39 is 0 Å². The number of fused-ring (bicyclic) bond motifs is 1. The predicted octanol–water partition coefficient (Wildman–Crippen LogP) is 3.27. The molecule has 0 fully saturated rings. The number of ether oxygens (including phenoxy) is 2. The molecule has 4 rings (SSSR count). The van der Waals surface area contributed by atoms with Crippen LogP contribution in [0.15, 0.2) is 42.5 Å². The summed E-state index contributed by atoms with van der Waals surface area (Å²) in [5.74, 6) is 1.54.